The van der Waals surface area contributed by atoms with Crippen molar-refractivity contribution in [3.8, 4) is 0 Å². The van der Waals surface area contributed by atoms with Gasteiger partial charge in [0, 0.05) is 6.04 Å². The molecule has 2 atom stereocenters. The van der Waals surface area contributed by atoms with E-state index in [9.17, 15) is 9.90 Å². The fraction of sp³-hybridized carbons (Fsp3) is 0.722. The van der Waals surface area contributed by atoms with Gasteiger partial charge in [-0.25, -0.2) is 4.79 Å². The normalized spacial score (nSPS) is 15.9. The van der Waals surface area contributed by atoms with E-state index in [4.69, 9.17) is 4.42 Å². The summed E-state index contributed by atoms with van der Waals surface area (Å²) in [6.07, 6.45) is 0.859. The number of urea groups is 1. The summed E-state index contributed by atoms with van der Waals surface area (Å²) < 4.78 is 5.45. The van der Waals surface area contributed by atoms with Gasteiger partial charge in [0.25, 0.3) is 0 Å². The van der Waals surface area contributed by atoms with Crippen LogP contribution in [0.25, 0.3) is 0 Å². The van der Waals surface area contributed by atoms with Crippen LogP contribution in [0.2, 0.25) is 0 Å². The number of carbonyl (C=O) groups is 1. The van der Waals surface area contributed by atoms with Crippen molar-refractivity contribution in [1.82, 2.24) is 15.5 Å². The first-order valence-electron chi connectivity index (χ1n) is 8.40. The molecular formula is C18H33N3O3. The molecule has 24 heavy (non-hydrogen) atoms. The van der Waals surface area contributed by atoms with Crippen molar-refractivity contribution in [3.05, 3.63) is 23.7 Å². The number of amides is 2. The van der Waals surface area contributed by atoms with Crippen molar-refractivity contribution in [2.45, 2.75) is 52.7 Å². The second-order valence-corrected chi connectivity index (χ2v) is 8.02. The molecule has 138 valence electrons. The molecular weight excluding hydrogens is 306 g/mol. The van der Waals surface area contributed by atoms with Crippen LogP contribution in [0.1, 0.15) is 45.6 Å². The Morgan fingerprint density at radius 2 is 1.92 bits per heavy atom. The summed E-state index contributed by atoms with van der Waals surface area (Å²) >= 11 is 0. The molecule has 0 aliphatic rings. The topological polar surface area (TPSA) is 77.7 Å². The van der Waals surface area contributed by atoms with Crippen LogP contribution in [0.15, 0.2) is 16.5 Å². The highest BCUT2D eigenvalue weighted by atomic mass is 16.4. The van der Waals surface area contributed by atoms with Gasteiger partial charge in [-0.15, -0.1) is 0 Å². The Labute approximate surface area is 145 Å². The number of aryl methyl sites for hydroxylation is 1. The molecule has 0 saturated heterocycles. The molecule has 0 spiro atoms. The van der Waals surface area contributed by atoms with Gasteiger partial charge in [-0.1, -0.05) is 20.8 Å². The van der Waals surface area contributed by atoms with Crippen molar-refractivity contribution < 1.29 is 14.3 Å². The Bertz CT molecular complexity index is 530. The molecule has 0 aliphatic carbocycles. The minimum Gasteiger partial charge on any atom is -0.463 e. The molecule has 1 aromatic heterocycles. The minimum absolute atomic E-state index is 0.0377. The largest absolute Gasteiger partial charge is 0.463 e. The number of hydrogen-bond donors (Lipinski definition) is 3. The van der Waals surface area contributed by atoms with E-state index >= 15 is 0 Å². The lowest BCUT2D eigenvalue weighted by Gasteiger charge is -2.33. The Morgan fingerprint density at radius 3 is 2.38 bits per heavy atom. The second-order valence-electron chi connectivity index (χ2n) is 8.02. The maximum absolute atomic E-state index is 12.3. The van der Waals surface area contributed by atoms with Crippen LogP contribution >= 0.6 is 0 Å². The van der Waals surface area contributed by atoms with Gasteiger partial charge in [-0.05, 0) is 58.5 Å². The standard InChI is InChI=1S/C18H33N3O3/c1-13-8-9-15(24-13)18(5,23)12-19-16(22)20-14(17(2,3)4)10-11-21(6)7/h8-9,14,23H,10-12H2,1-7H3,(H2,19,20,22). The van der Waals surface area contributed by atoms with Gasteiger partial charge in [-0.3, -0.25) is 0 Å². The van der Waals surface area contributed by atoms with E-state index in [0.717, 1.165) is 18.7 Å². The molecule has 0 aliphatic heterocycles. The molecule has 0 aromatic carbocycles. The lowest BCUT2D eigenvalue weighted by molar-refractivity contribution is 0.0357. The minimum atomic E-state index is -1.24. The van der Waals surface area contributed by atoms with E-state index in [2.05, 4.69) is 36.3 Å². The monoisotopic (exact) mass is 339 g/mol. The van der Waals surface area contributed by atoms with E-state index in [-0.39, 0.29) is 24.0 Å². The van der Waals surface area contributed by atoms with Crippen molar-refractivity contribution in [2.24, 2.45) is 5.41 Å². The van der Waals surface area contributed by atoms with Gasteiger partial charge >= 0.3 is 6.03 Å². The first-order chi connectivity index (χ1) is 10.9. The Kier molecular flexibility index (Phi) is 6.86. The summed E-state index contributed by atoms with van der Waals surface area (Å²) in [5, 5.41) is 16.2. The molecule has 6 nitrogen and oxygen atoms in total. The number of nitrogens with one attached hydrogen (secondary N) is 2. The Balaban J connectivity index is 2.59. The summed E-state index contributed by atoms with van der Waals surface area (Å²) in [6.45, 7) is 10.7. The predicted molar refractivity (Wildman–Crippen MR) is 96.0 cm³/mol. The molecule has 0 saturated carbocycles. The maximum Gasteiger partial charge on any atom is 0.315 e. The van der Waals surface area contributed by atoms with Gasteiger partial charge in [0.2, 0.25) is 0 Å². The summed E-state index contributed by atoms with van der Waals surface area (Å²) in [5.41, 5.74) is -1.29. The number of aliphatic hydroxyl groups is 1. The van der Waals surface area contributed by atoms with Gasteiger partial charge in [0.1, 0.15) is 17.1 Å². The van der Waals surface area contributed by atoms with Crippen molar-refractivity contribution in [2.75, 3.05) is 27.2 Å². The Hall–Kier alpha value is -1.53. The third-order valence-corrected chi connectivity index (χ3v) is 4.08. The smallest absolute Gasteiger partial charge is 0.315 e. The van der Waals surface area contributed by atoms with Crippen molar-refractivity contribution >= 4 is 6.03 Å². The van der Waals surface area contributed by atoms with Gasteiger partial charge in [-0.2, -0.15) is 0 Å². The lowest BCUT2D eigenvalue weighted by Crippen LogP contribution is -2.51. The molecule has 0 bridgehead atoms. The average Bonchev–Trinajstić information content (AvgIpc) is 2.87. The average molecular weight is 339 g/mol. The van der Waals surface area contributed by atoms with E-state index in [0.29, 0.717) is 5.76 Å². The summed E-state index contributed by atoms with van der Waals surface area (Å²) in [4.78, 5) is 14.4. The fourth-order valence-electron chi connectivity index (χ4n) is 2.38. The number of hydrogen-bond acceptors (Lipinski definition) is 4. The van der Waals surface area contributed by atoms with E-state index < -0.39 is 5.60 Å². The number of rotatable bonds is 7. The van der Waals surface area contributed by atoms with Gasteiger partial charge in [0.05, 0.1) is 6.54 Å². The Morgan fingerprint density at radius 1 is 1.29 bits per heavy atom. The highest BCUT2D eigenvalue weighted by Gasteiger charge is 2.29. The van der Waals surface area contributed by atoms with Crippen LogP contribution in [0.4, 0.5) is 4.79 Å². The molecule has 1 rings (SSSR count). The highest BCUT2D eigenvalue weighted by molar-refractivity contribution is 5.74. The van der Waals surface area contributed by atoms with Crippen molar-refractivity contribution in [1.29, 1.82) is 0 Å². The van der Waals surface area contributed by atoms with Gasteiger partial charge < -0.3 is 25.1 Å². The molecule has 2 amide bonds. The summed E-state index contributed by atoms with van der Waals surface area (Å²) in [7, 11) is 4.03. The molecule has 2 unspecified atom stereocenters. The molecule has 6 heteroatoms. The number of nitrogens with zero attached hydrogens (tertiary/aromatic N) is 1. The maximum atomic E-state index is 12.3. The zero-order valence-corrected chi connectivity index (χ0v) is 16.1. The van der Waals surface area contributed by atoms with E-state index in [1.165, 1.54) is 0 Å². The molecule has 1 heterocycles. The number of carbonyl (C=O) groups excluding carboxylic acids is 1. The SMILES string of the molecule is Cc1ccc(C(C)(O)CNC(=O)NC(CCN(C)C)C(C)(C)C)o1. The van der Waals surface area contributed by atoms with Crippen LogP contribution in [0.3, 0.4) is 0 Å². The summed E-state index contributed by atoms with van der Waals surface area (Å²) in [5.74, 6) is 1.17. The highest BCUT2D eigenvalue weighted by Crippen LogP contribution is 2.23. The quantitative estimate of drug-likeness (QED) is 0.713. The zero-order valence-electron chi connectivity index (χ0n) is 16.1. The third kappa shape index (κ3) is 6.53. The molecule has 0 radical (unpaired) electrons. The third-order valence-electron chi connectivity index (χ3n) is 4.08. The van der Waals surface area contributed by atoms with Gasteiger partial charge in [0.15, 0.2) is 0 Å². The van der Waals surface area contributed by atoms with Crippen molar-refractivity contribution in [3.63, 3.8) is 0 Å². The second kappa shape index (κ2) is 8.03. The zero-order chi connectivity index (χ0) is 18.5. The van der Waals surface area contributed by atoms with Crippen LogP contribution < -0.4 is 10.6 Å². The first-order valence-corrected chi connectivity index (χ1v) is 8.40. The molecule has 0 fully saturated rings. The van der Waals surface area contributed by atoms with Crippen LogP contribution in [0.5, 0.6) is 0 Å². The van der Waals surface area contributed by atoms with Crippen LogP contribution in [-0.2, 0) is 5.60 Å². The van der Waals surface area contributed by atoms with Crippen LogP contribution in [-0.4, -0.2) is 49.3 Å². The van der Waals surface area contributed by atoms with Crippen LogP contribution in [0, 0.1) is 12.3 Å². The lowest BCUT2D eigenvalue weighted by atomic mass is 9.84. The summed E-state index contributed by atoms with van der Waals surface area (Å²) in [6, 6.07) is 3.28. The van der Waals surface area contributed by atoms with E-state index in [1.54, 1.807) is 19.1 Å². The molecule has 3 N–H and O–H groups in total. The first kappa shape index (κ1) is 20.5. The van der Waals surface area contributed by atoms with E-state index in [1.807, 2.05) is 21.0 Å². The molecule has 1 aromatic rings. The predicted octanol–water partition coefficient (Wildman–Crippen LogP) is 2.46. The number of furan rings is 1. The fourth-order valence-corrected chi connectivity index (χ4v) is 2.38.